The van der Waals surface area contributed by atoms with E-state index in [0.717, 1.165) is 22.3 Å². The molecule has 0 aliphatic heterocycles. The van der Waals surface area contributed by atoms with Crippen molar-refractivity contribution < 1.29 is 9.84 Å². The summed E-state index contributed by atoms with van der Waals surface area (Å²) in [6.07, 6.45) is -0.619. The lowest BCUT2D eigenvalue weighted by atomic mass is 10.0. The second-order valence-corrected chi connectivity index (χ2v) is 5.51. The van der Waals surface area contributed by atoms with Crippen LogP contribution in [0.25, 0.3) is 10.1 Å². The van der Waals surface area contributed by atoms with Crippen molar-refractivity contribution in [3.8, 4) is 5.75 Å². The first kappa shape index (κ1) is 13.2. The van der Waals surface area contributed by atoms with Crippen molar-refractivity contribution in [2.24, 2.45) is 0 Å². The lowest BCUT2D eigenvalue weighted by Gasteiger charge is -2.12. The molecule has 1 atom stereocenters. The molecule has 0 aliphatic carbocycles. The first-order chi connectivity index (χ1) is 9.79. The summed E-state index contributed by atoms with van der Waals surface area (Å²) in [5, 5.41) is 13.8. The normalized spacial score (nSPS) is 12.5. The molecular weight excluding hydrogens is 268 g/mol. The van der Waals surface area contributed by atoms with Crippen LogP contribution in [0.2, 0.25) is 0 Å². The minimum absolute atomic E-state index is 0.619. The summed E-state index contributed by atoms with van der Waals surface area (Å²) in [7, 11) is 0. The van der Waals surface area contributed by atoms with Crippen LogP contribution in [0.15, 0.2) is 53.9 Å². The Bertz CT molecular complexity index is 718. The number of hydrogen-bond acceptors (Lipinski definition) is 3. The number of hydrogen-bond donors (Lipinski definition) is 1. The summed E-state index contributed by atoms with van der Waals surface area (Å²) in [6.45, 7) is 2.58. The molecule has 0 bridgehead atoms. The van der Waals surface area contributed by atoms with E-state index < -0.39 is 6.10 Å². The third-order valence-corrected chi connectivity index (χ3v) is 4.27. The van der Waals surface area contributed by atoms with Crippen molar-refractivity contribution in [2.75, 3.05) is 6.61 Å². The van der Waals surface area contributed by atoms with Crippen molar-refractivity contribution in [3.63, 3.8) is 0 Å². The van der Waals surface area contributed by atoms with Gasteiger partial charge in [-0.2, -0.15) is 0 Å². The average molecular weight is 284 g/mol. The molecule has 0 saturated carbocycles. The Morgan fingerprint density at radius 2 is 2.00 bits per heavy atom. The highest BCUT2D eigenvalue weighted by atomic mass is 32.1. The molecule has 3 rings (SSSR count). The van der Waals surface area contributed by atoms with Gasteiger partial charge in [0.05, 0.1) is 6.61 Å². The molecule has 0 spiro atoms. The van der Waals surface area contributed by atoms with Gasteiger partial charge in [-0.05, 0) is 41.5 Å². The summed E-state index contributed by atoms with van der Waals surface area (Å²) in [5.74, 6) is 0.795. The first-order valence-corrected chi connectivity index (χ1v) is 7.54. The number of fused-ring (bicyclic) bond motifs is 1. The zero-order valence-corrected chi connectivity index (χ0v) is 12.1. The molecule has 1 heterocycles. The van der Waals surface area contributed by atoms with E-state index in [0.29, 0.717) is 6.61 Å². The number of aliphatic hydroxyl groups excluding tert-OH is 1. The van der Waals surface area contributed by atoms with Crippen LogP contribution in [-0.4, -0.2) is 11.7 Å². The fourth-order valence-electron chi connectivity index (χ4n) is 2.33. The third-order valence-electron chi connectivity index (χ3n) is 3.29. The number of thiophene rings is 1. The van der Waals surface area contributed by atoms with Gasteiger partial charge < -0.3 is 9.84 Å². The van der Waals surface area contributed by atoms with Gasteiger partial charge in [0, 0.05) is 10.3 Å². The topological polar surface area (TPSA) is 29.5 Å². The van der Waals surface area contributed by atoms with Crippen LogP contribution in [0.3, 0.4) is 0 Å². The zero-order valence-electron chi connectivity index (χ0n) is 11.2. The first-order valence-electron chi connectivity index (χ1n) is 6.66. The molecule has 2 nitrogen and oxygen atoms in total. The highest BCUT2D eigenvalue weighted by Crippen LogP contribution is 2.34. The molecule has 1 aromatic heterocycles. The standard InChI is InChI=1S/C17H16O2S/c1-2-19-13-7-5-6-12(10-13)17(18)15-11-20-16-9-4-3-8-14(15)16/h3-11,17-18H,2H2,1H3. The van der Waals surface area contributed by atoms with E-state index in [9.17, 15) is 5.11 Å². The van der Waals surface area contributed by atoms with Crippen LogP contribution in [0.4, 0.5) is 0 Å². The van der Waals surface area contributed by atoms with E-state index in [1.165, 1.54) is 4.70 Å². The minimum atomic E-state index is -0.619. The molecule has 0 saturated heterocycles. The largest absolute Gasteiger partial charge is 0.494 e. The molecule has 3 heteroatoms. The van der Waals surface area contributed by atoms with Gasteiger partial charge in [0.2, 0.25) is 0 Å². The van der Waals surface area contributed by atoms with E-state index >= 15 is 0 Å². The maximum Gasteiger partial charge on any atom is 0.119 e. The van der Waals surface area contributed by atoms with Crippen LogP contribution >= 0.6 is 11.3 Å². The van der Waals surface area contributed by atoms with E-state index in [1.54, 1.807) is 11.3 Å². The molecule has 0 fully saturated rings. The van der Waals surface area contributed by atoms with Crippen LogP contribution in [-0.2, 0) is 0 Å². The Morgan fingerprint density at radius 1 is 1.15 bits per heavy atom. The fourth-order valence-corrected chi connectivity index (χ4v) is 3.31. The van der Waals surface area contributed by atoms with Gasteiger partial charge in [0.15, 0.2) is 0 Å². The molecule has 0 aliphatic rings. The minimum Gasteiger partial charge on any atom is -0.494 e. The predicted molar refractivity (Wildman–Crippen MR) is 83.5 cm³/mol. The zero-order chi connectivity index (χ0) is 13.9. The van der Waals surface area contributed by atoms with Gasteiger partial charge in [-0.25, -0.2) is 0 Å². The number of rotatable bonds is 4. The maximum atomic E-state index is 10.6. The average Bonchev–Trinajstić information content (AvgIpc) is 2.91. The summed E-state index contributed by atoms with van der Waals surface area (Å²) >= 11 is 1.66. The van der Waals surface area contributed by atoms with E-state index in [4.69, 9.17) is 4.74 Å². The number of benzene rings is 2. The smallest absolute Gasteiger partial charge is 0.119 e. The Balaban J connectivity index is 1.99. The van der Waals surface area contributed by atoms with Gasteiger partial charge in [-0.1, -0.05) is 30.3 Å². The van der Waals surface area contributed by atoms with Gasteiger partial charge in [0.25, 0.3) is 0 Å². The highest BCUT2D eigenvalue weighted by molar-refractivity contribution is 7.17. The maximum absolute atomic E-state index is 10.6. The molecule has 0 amide bonds. The third kappa shape index (κ3) is 2.42. The number of aliphatic hydroxyl groups is 1. The molecule has 1 unspecified atom stereocenters. The summed E-state index contributed by atoms with van der Waals surface area (Å²) in [4.78, 5) is 0. The lowest BCUT2D eigenvalue weighted by Crippen LogP contribution is -2.00. The Kier molecular flexibility index (Phi) is 3.72. The quantitative estimate of drug-likeness (QED) is 0.770. The van der Waals surface area contributed by atoms with Crippen LogP contribution in [0.5, 0.6) is 5.75 Å². The number of ether oxygens (including phenoxy) is 1. The van der Waals surface area contributed by atoms with Crippen molar-refractivity contribution in [3.05, 3.63) is 65.0 Å². The van der Waals surface area contributed by atoms with E-state index in [1.807, 2.05) is 48.7 Å². The van der Waals surface area contributed by atoms with Crippen LogP contribution < -0.4 is 4.74 Å². The van der Waals surface area contributed by atoms with E-state index in [-0.39, 0.29) is 0 Å². The SMILES string of the molecule is CCOc1cccc(C(O)c2csc3ccccc23)c1. The van der Waals surface area contributed by atoms with Gasteiger partial charge in [-0.15, -0.1) is 11.3 Å². The van der Waals surface area contributed by atoms with E-state index in [2.05, 4.69) is 12.1 Å². The second kappa shape index (κ2) is 5.65. The summed E-state index contributed by atoms with van der Waals surface area (Å²) in [6, 6.07) is 15.8. The molecule has 20 heavy (non-hydrogen) atoms. The van der Waals surface area contributed by atoms with Crippen molar-refractivity contribution in [1.82, 2.24) is 0 Å². The predicted octanol–water partition coefficient (Wildman–Crippen LogP) is 4.38. The molecule has 2 aromatic carbocycles. The second-order valence-electron chi connectivity index (χ2n) is 4.60. The lowest BCUT2D eigenvalue weighted by molar-refractivity contribution is 0.221. The van der Waals surface area contributed by atoms with Gasteiger partial charge >= 0.3 is 0 Å². The summed E-state index contributed by atoms with van der Waals surface area (Å²) < 4.78 is 6.69. The van der Waals surface area contributed by atoms with Gasteiger partial charge in [0.1, 0.15) is 11.9 Å². The Morgan fingerprint density at radius 3 is 2.85 bits per heavy atom. The molecule has 1 N–H and O–H groups in total. The monoisotopic (exact) mass is 284 g/mol. The highest BCUT2D eigenvalue weighted by Gasteiger charge is 2.15. The summed E-state index contributed by atoms with van der Waals surface area (Å²) in [5.41, 5.74) is 1.82. The van der Waals surface area contributed by atoms with Gasteiger partial charge in [-0.3, -0.25) is 0 Å². The molecule has 3 aromatic rings. The van der Waals surface area contributed by atoms with Crippen LogP contribution in [0.1, 0.15) is 24.2 Å². The Hall–Kier alpha value is -1.84. The van der Waals surface area contributed by atoms with Crippen LogP contribution in [0, 0.1) is 0 Å². The van der Waals surface area contributed by atoms with Crippen molar-refractivity contribution >= 4 is 21.4 Å². The van der Waals surface area contributed by atoms with Crippen molar-refractivity contribution in [1.29, 1.82) is 0 Å². The Labute approximate surface area is 122 Å². The molecular formula is C17H16O2S. The molecule has 0 radical (unpaired) electrons. The molecule has 102 valence electrons. The van der Waals surface area contributed by atoms with Crippen molar-refractivity contribution in [2.45, 2.75) is 13.0 Å². The fraction of sp³-hybridized carbons (Fsp3) is 0.176.